The van der Waals surface area contributed by atoms with E-state index < -0.39 is 12.1 Å². The fraction of sp³-hybridized carbons (Fsp3) is 0.348. The van der Waals surface area contributed by atoms with Crippen LogP contribution in [-0.2, 0) is 18.4 Å². The molecule has 0 aliphatic carbocycles. The van der Waals surface area contributed by atoms with Gasteiger partial charge in [0.05, 0.1) is 11.4 Å². The minimum atomic E-state index is -5.08. The van der Waals surface area contributed by atoms with Crippen molar-refractivity contribution >= 4 is 11.8 Å². The topological polar surface area (TPSA) is 83.3 Å². The van der Waals surface area contributed by atoms with Crippen LogP contribution >= 0.6 is 0 Å². The Hall–Kier alpha value is -3.40. The van der Waals surface area contributed by atoms with E-state index in [-0.39, 0.29) is 0 Å². The van der Waals surface area contributed by atoms with Crippen LogP contribution in [0.3, 0.4) is 0 Å². The predicted molar refractivity (Wildman–Crippen MR) is 119 cm³/mol. The number of carboxylic acids is 1. The maximum Gasteiger partial charge on any atom is 0.490 e. The monoisotopic (exact) mass is 461 g/mol. The second-order valence-corrected chi connectivity index (χ2v) is 7.79. The summed E-state index contributed by atoms with van der Waals surface area (Å²) >= 11 is 0. The number of hydrogen-bond donors (Lipinski definition) is 2. The number of rotatable bonds is 5. The Kier molecular flexibility index (Phi) is 7.70. The van der Waals surface area contributed by atoms with Crippen molar-refractivity contribution in [3.8, 4) is 11.1 Å². The van der Waals surface area contributed by atoms with Crippen molar-refractivity contribution < 1.29 is 23.1 Å². The SMILES string of the molecule is Cc1cc(N2CCC(NCc3ccc(-c4ccccc4)cn3)C2)n(C)n1.O=C(O)C(F)(F)F. The molecule has 33 heavy (non-hydrogen) atoms. The standard InChI is InChI=1S/C21H25N5.C2HF3O2/c1-16-12-21(25(2)24-16)26-11-10-20(15-26)23-14-19-9-8-18(13-22-19)17-6-4-3-5-7-17;3-2(4,5)1(6)7/h3-9,12-13,20,23H,10-11,14-15H2,1-2H3;(H,6,7). The molecule has 0 amide bonds. The first-order valence-corrected chi connectivity index (χ1v) is 10.4. The zero-order chi connectivity index (χ0) is 24.0. The molecule has 7 nitrogen and oxygen atoms in total. The van der Waals surface area contributed by atoms with Gasteiger partial charge in [-0.15, -0.1) is 0 Å². The fourth-order valence-electron chi connectivity index (χ4n) is 3.61. The number of aliphatic carboxylic acids is 1. The Morgan fingerprint density at radius 1 is 1.18 bits per heavy atom. The molecule has 1 aliphatic heterocycles. The fourth-order valence-corrected chi connectivity index (χ4v) is 3.61. The number of nitrogens with zero attached hydrogens (tertiary/aromatic N) is 4. The van der Waals surface area contributed by atoms with Crippen LogP contribution in [0.5, 0.6) is 0 Å². The summed E-state index contributed by atoms with van der Waals surface area (Å²) in [6.07, 6.45) is -1.97. The number of carbonyl (C=O) groups is 1. The summed E-state index contributed by atoms with van der Waals surface area (Å²) in [4.78, 5) is 15.9. The highest BCUT2D eigenvalue weighted by atomic mass is 19.4. The quantitative estimate of drug-likeness (QED) is 0.602. The van der Waals surface area contributed by atoms with Crippen molar-refractivity contribution in [2.45, 2.75) is 32.1 Å². The minimum absolute atomic E-state index is 0.487. The third-order valence-electron chi connectivity index (χ3n) is 5.24. The average Bonchev–Trinajstić information content (AvgIpc) is 3.38. The predicted octanol–water partition coefficient (Wildman–Crippen LogP) is 3.79. The third-order valence-corrected chi connectivity index (χ3v) is 5.24. The Bertz CT molecular complexity index is 1050. The summed E-state index contributed by atoms with van der Waals surface area (Å²) in [5, 5.41) is 15.2. The Morgan fingerprint density at radius 3 is 2.42 bits per heavy atom. The molecular weight excluding hydrogens is 435 g/mol. The number of benzene rings is 1. The lowest BCUT2D eigenvalue weighted by atomic mass is 10.1. The Labute approximate surface area is 189 Å². The molecule has 2 N–H and O–H groups in total. The molecule has 0 saturated carbocycles. The van der Waals surface area contributed by atoms with Gasteiger partial charge in [0, 0.05) is 50.6 Å². The van der Waals surface area contributed by atoms with Crippen molar-refractivity contribution in [2.75, 3.05) is 18.0 Å². The van der Waals surface area contributed by atoms with Gasteiger partial charge in [0.1, 0.15) is 5.82 Å². The van der Waals surface area contributed by atoms with Gasteiger partial charge >= 0.3 is 12.1 Å². The van der Waals surface area contributed by atoms with E-state index in [2.05, 4.69) is 62.8 Å². The Balaban J connectivity index is 0.000000383. The largest absolute Gasteiger partial charge is 0.490 e. The van der Waals surface area contributed by atoms with Crippen LogP contribution in [0.1, 0.15) is 17.8 Å². The lowest BCUT2D eigenvalue weighted by molar-refractivity contribution is -0.192. The van der Waals surface area contributed by atoms with Crippen molar-refractivity contribution in [1.82, 2.24) is 20.1 Å². The molecular formula is C23H26F3N5O2. The zero-order valence-corrected chi connectivity index (χ0v) is 18.4. The lowest BCUT2D eigenvalue weighted by Crippen LogP contribution is -2.32. The van der Waals surface area contributed by atoms with Gasteiger partial charge in [-0.2, -0.15) is 18.3 Å². The first-order chi connectivity index (χ1) is 15.6. The van der Waals surface area contributed by atoms with E-state index in [1.54, 1.807) is 0 Å². The van der Waals surface area contributed by atoms with Gasteiger partial charge in [-0.1, -0.05) is 36.4 Å². The number of carboxylic acid groups (broad SMARTS) is 1. The number of alkyl halides is 3. The van der Waals surface area contributed by atoms with Crippen LogP contribution in [-0.4, -0.2) is 51.1 Å². The van der Waals surface area contributed by atoms with Crippen LogP contribution in [0.2, 0.25) is 0 Å². The molecule has 0 bridgehead atoms. The summed E-state index contributed by atoms with van der Waals surface area (Å²) in [7, 11) is 2.02. The molecule has 1 aliphatic rings. The smallest absolute Gasteiger partial charge is 0.475 e. The van der Waals surface area contributed by atoms with E-state index in [1.807, 2.05) is 30.9 Å². The van der Waals surface area contributed by atoms with Crippen molar-refractivity contribution in [3.05, 3.63) is 66.1 Å². The van der Waals surface area contributed by atoms with Gasteiger partial charge in [-0.05, 0) is 25.0 Å². The first kappa shape index (κ1) is 24.2. The van der Waals surface area contributed by atoms with Crippen molar-refractivity contribution in [2.24, 2.45) is 7.05 Å². The number of halogens is 3. The van der Waals surface area contributed by atoms with E-state index in [0.29, 0.717) is 6.04 Å². The molecule has 176 valence electrons. The van der Waals surface area contributed by atoms with Crippen LogP contribution in [0.4, 0.5) is 19.0 Å². The molecule has 1 unspecified atom stereocenters. The Morgan fingerprint density at radius 2 is 1.88 bits per heavy atom. The van der Waals surface area contributed by atoms with Crippen LogP contribution in [0, 0.1) is 6.92 Å². The van der Waals surface area contributed by atoms with Crippen LogP contribution in [0.25, 0.3) is 11.1 Å². The maximum atomic E-state index is 10.6. The highest BCUT2D eigenvalue weighted by molar-refractivity contribution is 5.73. The van der Waals surface area contributed by atoms with E-state index in [0.717, 1.165) is 43.0 Å². The summed E-state index contributed by atoms with van der Waals surface area (Å²) in [5.74, 6) is -1.55. The first-order valence-electron chi connectivity index (χ1n) is 10.4. The molecule has 10 heteroatoms. The van der Waals surface area contributed by atoms with E-state index in [4.69, 9.17) is 9.90 Å². The summed E-state index contributed by atoms with van der Waals surface area (Å²) in [5.41, 5.74) is 4.52. The highest BCUT2D eigenvalue weighted by Gasteiger charge is 2.38. The van der Waals surface area contributed by atoms with Crippen LogP contribution < -0.4 is 10.2 Å². The third kappa shape index (κ3) is 6.79. The second-order valence-electron chi connectivity index (χ2n) is 7.79. The number of aryl methyl sites for hydroxylation is 2. The number of aromatic nitrogens is 3. The van der Waals surface area contributed by atoms with Gasteiger partial charge in [-0.3, -0.25) is 9.67 Å². The summed E-state index contributed by atoms with van der Waals surface area (Å²) < 4.78 is 33.7. The van der Waals surface area contributed by atoms with Crippen molar-refractivity contribution in [3.63, 3.8) is 0 Å². The molecule has 3 heterocycles. The lowest BCUT2D eigenvalue weighted by Gasteiger charge is -2.18. The van der Waals surface area contributed by atoms with Gasteiger partial charge in [0.25, 0.3) is 0 Å². The number of nitrogens with one attached hydrogen (secondary N) is 1. The molecule has 0 spiro atoms. The molecule has 3 aromatic rings. The molecule has 0 radical (unpaired) electrons. The molecule has 4 rings (SSSR count). The van der Waals surface area contributed by atoms with E-state index in [9.17, 15) is 13.2 Å². The maximum absolute atomic E-state index is 10.6. The molecule has 1 aromatic carbocycles. The normalized spacial score (nSPS) is 15.8. The number of anilines is 1. The van der Waals surface area contributed by atoms with Gasteiger partial charge in [0.2, 0.25) is 0 Å². The average molecular weight is 461 g/mol. The van der Waals surface area contributed by atoms with Crippen LogP contribution in [0.15, 0.2) is 54.7 Å². The van der Waals surface area contributed by atoms with Gasteiger partial charge in [-0.25, -0.2) is 4.79 Å². The van der Waals surface area contributed by atoms with Gasteiger partial charge < -0.3 is 15.3 Å². The molecule has 1 saturated heterocycles. The minimum Gasteiger partial charge on any atom is -0.475 e. The summed E-state index contributed by atoms with van der Waals surface area (Å²) in [6.45, 7) is 4.93. The highest BCUT2D eigenvalue weighted by Crippen LogP contribution is 2.21. The van der Waals surface area contributed by atoms with Crippen molar-refractivity contribution in [1.29, 1.82) is 0 Å². The molecule has 1 atom stereocenters. The number of hydrogen-bond acceptors (Lipinski definition) is 5. The summed E-state index contributed by atoms with van der Waals surface area (Å²) in [6, 6.07) is 17.3. The number of pyridine rings is 1. The second kappa shape index (κ2) is 10.5. The van der Waals surface area contributed by atoms with E-state index in [1.165, 1.54) is 11.4 Å². The van der Waals surface area contributed by atoms with E-state index >= 15 is 0 Å². The zero-order valence-electron chi connectivity index (χ0n) is 18.4. The molecule has 1 fully saturated rings. The van der Waals surface area contributed by atoms with Gasteiger partial charge in [0.15, 0.2) is 0 Å². The molecule has 2 aromatic heterocycles.